The third-order valence-electron chi connectivity index (χ3n) is 5.11. The van der Waals surface area contributed by atoms with Crippen molar-refractivity contribution >= 4 is 15.9 Å². The van der Waals surface area contributed by atoms with Crippen LogP contribution in [0.3, 0.4) is 0 Å². The van der Waals surface area contributed by atoms with Crippen molar-refractivity contribution in [1.29, 1.82) is 0 Å². The van der Waals surface area contributed by atoms with Gasteiger partial charge in [-0.05, 0) is 50.6 Å². The summed E-state index contributed by atoms with van der Waals surface area (Å²) in [5, 5.41) is 2.95. The van der Waals surface area contributed by atoms with Crippen molar-refractivity contribution in [1.82, 2.24) is 14.5 Å². The minimum Gasteiger partial charge on any atom is -0.355 e. The lowest BCUT2D eigenvalue weighted by atomic mass is 9.91. The van der Waals surface area contributed by atoms with E-state index in [9.17, 15) is 26.4 Å². The molecule has 1 amide bonds. The van der Waals surface area contributed by atoms with E-state index in [4.69, 9.17) is 0 Å². The van der Waals surface area contributed by atoms with E-state index in [2.05, 4.69) is 19.2 Å². The fraction of sp³-hybridized carbons (Fsp3) is 0.650. The number of sulfonamides is 1. The van der Waals surface area contributed by atoms with Crippen LogP contribution in [0.1, 0.15) is 32.3 Å². The van der Waals surface area contributed by atoms with E-state index in [0.29, 0.717) is 25.5 Å². The number of alkyl halides is 3. The number of benzene rings is 1. The van der Waals surface area contributed by atoms with Gasteiger partial charge in [0.05, 0.1) is 10.5 Å². The molecule has 10 heteroatoms. The minimum atomic E-state index is -4.61. The molecule has 0 aliphatic carbocycles. The summed E-state index contributed by atoms with van der Waals surface area (Å²) in [5.41, 5.74) is -1.11. The Hall–Kier alpha value is -1.65. The van der Waals surface area contributed by atoms with Gasteiger partial charge in [0.1, 0.15) is 0 Å². The monoisotopic (exact) mass is 449 g/mol. The topological polar surface area (TPSA) is 69.7 Å². The average Bonchev–Trinajstić information content (AvgIpc) is 2.65. The molecule has 1 fully saturated rings. The zero-order valence-electron chi connectivity index (χ0n) is 17.8. The van der Waals surface area contributed by atoms with Gasteiger partial charge >= 0.3 is 6.18 Å². The molecule has 0 atom stereocenters. The molecular weight excluding hydrogens is 419 g/mol. The summed E-state index contributed by atoms with van der Waals surface area (Å²) >= 11 is 0. The zero-order chi connectivity index (χ0) is 22.7. The van der Waals surface area contributed by atoms with E-state index in [1.54, 1.807) is 0 Å². The van der Waals surface area contributed by atoms with Crippen LogP contribution < -0.4 is 5.32 Å². The highest BCUT2D eigenvalue weighted by Crippen LogP contribution is 2.32. The van der Waals surface area contributed by atoms with Crippen molar-refractivity contribution in [3.05, 3.63) is 29.8 Å². The lowest BCUT2D eigenvalue weighted by molar-refractivity contribution is -0.137. The van der Waals surface area contributed by atoms with Crippen LogP contribution in [0, 0.1) is 11.3 Å². The molecule has 0 radical (unpaired) electrons. The number of nitrogens with zero attached hydrogens (tertiary/aromatic N) is 2. The van der Waals surface area contributed by atoms with Crippen molar-refractivity contribution in [2.45, 2.75) is 37.8 Å². The third-order valence-corrected chi connectivity index (χ3v) is 7.00. The van der Waals surface area contributed by atoms with E-state index >= 15 is 0 Å². The van der Waals surface area contributed by atoms with Gasteiger partial charge in [0.15, 0.2) is 0 Å². The highest BCUT2D eigenvalue weighted by atomic mass is 32.2. The second-order valence-corrected chi connectivity index (χ2v) is 10.8. The lowest BCUT2D eigenvalue weighted by Crippen LogP contribution is -2.46. The SMILES string of the molecule is CN(C)CC(C)(C)CNC(=O)C1CCN(S(=O)(=O)c2cccc(C(F)(F)F)c2)CC1. The Kier molecular flexibility index (Phi) is 7.58. The van der Waals surface area contributed by atoms with E-state index in [0.717, 1.165) is 29.0 Å². The molecule has 1 aliphatic rings. The number of carbonyl (C=O) groups is 1. The van der Waals surface area contributed by atoms with Crippen LogP contribution in [0.2, 0.25) is 0 Å². The summed E-state index contributed by atoms with van der Waals surface area (Å²) in [4.78, 5) is 14.2. The maximum Gasteiger partial charge on any atom is 0.416 e. The number of hydrogen-bond acceptors (Lipinski definition) is 4. The average molecular weight is 450 g/mol. The first-order chi connectivity index (χ1) is 13.7. The second-order valence-electron chi connectivity index (χ2n) is 8.82. The molecular formula is C20H30F3N3O3S. The van der Waals surface area contributed by atoms with Gasteiger partial charge in [-0.2, -0.15) is 17.5 Å². The molecule has 1 heterocycles. The largest absolute Gasteiger partial charge is 0.416 e. The van der Waals surface area contributed by atoms with Crippen LogP contribution in [0.25, 0.3) is 0 Å². The Morgan fingerprint density at radius 3 is 2.33 bits per heavy atom. The first-order valence-electron chi connectivity index (χ1n) is 9.82. The molecule has 6 nitrogen and oxygen atoms in total. The third kappa shape index (κ3) is 6.42. The highest BCUT2D eigenvalue weighted by Gasteiger charge is 2.35. The fourth-order valence-corrected chi connectivity index (χ4v) is 5.24. The van der Waals surface area contributed by atoms with E-state index < -0.39 is 21.8 Å². The second kappa shape index (κ2) is 9.23. The smallest absolute Gasteiger partial charge is 0.355 e. The number of amides is 1. The van der Waals surface area contributed by atoms with Gasteiger partial charge in [0, 0.05) is 32.1 Å². The zero-order valence-corrected chi connectivity index (χ0v) is 18.6. The normalized spacial score (nSPS) is 17.3. The lowest BCUT2D eigenvalue weighted by Gasteiger charge is -2.32. The van der Waals surface area contributed by atoms with Crippen molar-refractivity contribution in [2.75, 3.05) is 40.3 Å². The van der Waals surface area contributed by atoms with Crippen molar-refractivity contribution in [3.63, 3.8) is 0 Å². The van der Waals surface area contributed by atoms with Crippen LogP contribution in [0.4, 0.5) is 13.2 Å². The van der Waals surface area contributed by atoms with Crippen LogP contribution in [0.15, 0.2) is 29.2 Å². The van der Waals surface area contributed by atoms with Gasteiger partial charge in [0.2, 0.25) is 15.9 Å². The van der Waals surface area contributed by atoms with Gasteiger partial charge in [-0.15, -0.1) is 0 Å². The number of nitrogens with one attached hydrogen (secondary N) is 1. The number of rotatable bonds is 7. The number of carbonyl (C=O) groups excluding carboxylic acids is 1. The molecule has 1 aliphatic heterocycles. The van der Waals surface area contributed by atoms with Crippen LogP contribution in [0.5, 0.6) is 0 Å². The van der Waals surface area contributed by atoms with Crippen molar-refractivity contribution < 1.29 is 26.4 Å². The minimum absolute atomic E-state index is 0.0950. The molecule has 170 valence electrons. The van der Waals surface area contributed by atoms with Crippen LogP contribution in [-0.4, -0.2) is 63.8 Å². The van der Waals surface area contributed by atoms with Gasteiger partial charge in [0.25, 0.3) is 0 Å². The molecule has 1 N–H and O–H groups in total. The predicted octanol–water partition coefficient (Wildman–Crippen LogP) is 2.81. The first-order valence-corrected chi connectivity index (χ1v) is 11.3. The summed E-state index contributed by atoms with van der Waals surface area (Å²) < 4.78 is 65.4. The van der Waals surface area contributed by atoms with Crippen molar-refractivity contribution in [2.24, 2.45) is 11.3 Å². The number of piperidine rings is 1. The molecule has 30 heavy (non-hydrogen) atoms. The molecule has 1 saturated heterocycles. The molecule has 0 unspecified atom stereocenters. The maximum atomic E-state index is 12.9. The fourth-order valence-electron chi connectivity index (χ4n) is 3.72. The summed E-state index contributed by atoms with van der Waals surface area (Å²) in [5.74, 6) is -0.425. The molecule has 1 aromatic carbocycles. The summed E-state index contributed by atoms with van der Waals surface area (Å²) in [6.07, 6.45) is -3.95. The molecule has 0 aromatic heterocycles. The van der Waals surface area contributed by atoms with E-state index in [1.807, 2.05) is 19.0 Å². The molecule has 2 rings (SSSR count). The van der Waals surface area contributed by atoms with Gasteiger partial charge in [-0.3, -0.25) is 4.79 Å². The quantitative estimate of drug-likeness (QED) is 0.695. The summed E-state index contributed by atoms with van der Waals surface area (Å²) in [6, 6.07) is 3.75. The summed E-state index contributed by atoms with van der Waals surface area (Å²) in [7, 11) is -0.122. The Labute approximate surface area is 176 Å². The number of halogens is 3. The van der Waals surface area contributed by atoms with Crippen LogP contribution in [-0.2, 0) is 21.0 Å². The molecule has 0 saturated carbocycles. The van der Waals surface area contributed by atoms with Gasteiger partial charge in [-0.25, -0.2) is 8.42 Å². The molecule has 0 spiro atoms. The maximum absolute atomic E-state index is 12.9. The van der Waals surface area contributed by atoms with Gasteiger partial charge < -0.3 is 10.2 Å². The van der Waals surface area contributed by atoms with E-state index in [1.165, 1.54) is 0 Å². The Bertz CT molecular complexity index is 846. The molecule has 1 aromatic rings. The first kappa shape index (κ1) is 24.6. The van der Waals surface area contributed by atoms with E-state index in [-0.39, 0.29) is 35.2 Å². The Balaban J connectivity index is 1.97. The highest BCUT2D eigenvalue weighted by molar-refractivity contribution is 7.89. The summed E-state index contributed by atoms with van der Waals surface area (Å²) in [6.45, 7) is 5.61. The molecule has 0 bridgehead atoms. The number of hydrogen-bond donors (Lipinski definition) is 1. The Morgan fingerprint density at radius 2 is 1.80 bits per heavy atom. The van der Waals surface area contributed by atoms with Gasteiger partial charge in [-0.1, -0.05) is 19.9 Å². The van der Waals surface area contributed by atoms with Crippen molar-refractivity contribution in [3.8, 4) is 0 Å². The standard InChI is InChI=1S/C20H30F3N3O3S/c1-19(2,14-25(3)4)13-24-18(27)15-8-10-26(11-9-15)30(28,29)17-7-5-6-16(12-17)20(21,22)23/h5-7,12,15H,8-11,13-14H2,1-4H3,(H,24,27). The Morgan fingerprint density at radius 1 is 1.20 bits per heavy atom. The predicted molar refractivity (Wildman–Crippen MR) is 108 cm³/mol. The van der Waals surface area contributed by atoms with Crippen LogP contribution >= 0.6 is 0 Å².